The maximum absolute atomic E-state index is 12.6. The largest absolute Gasteiger partial charge is 0.497 e. The van der Waals surface area contributed by atoms with Crippen LogP contribution in [0.5, 0.6) is 17.2 Å². The van der Waals surface area contributed by atoms with E-state index < -0.39 is 0 Å². The van der Waals surface area contributed by atoms with Gasteiger partial charge in [-0.3, -0.25) is 5.32 Å². The van der Waals surface area contributed by atoms with Gasteiger partial charge in [0.15, 0.2) is 5.13 Å². The molecule has 0 aliphatic carbocycles. The Morgan fingerprint density at radius 2 is 1.79 bits per heavy atom. The zero-order chi connectivity index (χ0) is 20.2. The summed E-state index contributed by atoms with van der Waals surface area (Å²) >= 11 is 1.44. The summed E-state index contributed by atoms with van der Waals surface area (Å²) in [6.45, 7) is 1.28. The molecule has 2 heterocycles. The lowest BCUT2D eigenvalue weighted by Crippen LogP contribution is -2.43. The number of aromatic nitrogens is 1. The summed E-state index contributed by atoms with van der Waals surface area (Å²) in [6, 6.07) is 13.2. The van der Waals surface area contributed by atoms with Crippen molar-refractivity contribution in [2.75, 3.05) is 32.6 Å². The third-order valence-corrected chi connectivity index (χ3v) is 5.84. The molecule has 3 aromatic rings. The highest BCUT2D eigenvalue weighted by Gasteiger charge is 2.24. The molecule has 7 nitrogen and oxygen atoms in total. The van der Waals surface area contributed by atoms with E-state index in [0.29, 0.717) is 24.0 Å². The number of methoxy groups -OCH3 is 2. The number of amides is 2. The van der Waals surface area contributed by atoms with E-state index in [2.05, 4.69) is 10.3 Å². The Kier molecular flexibility index (Phi) is 5.71. The fourth-order valence-corrected chi connectivity index (χ4v) is 4.21. The fraction of sp³-hybridized carbons (Fsp3) is 0.333. The van der Waals surface area contributed by atoms with Gasteiger partial charge in [-0.15, -0.1) is 0 Å². The number of hydrogen-bond acceptors (Lipinski definition) is 6. The third kappa shape index (κ3) is 4.37. The summed E-state index contributed by atoms with van der Waals surface area (Å²) in [5.41, 5.74) is 0.766. The number of urea groups is 1. The van der Waals surface area contributed by atoms with Gasteiger partial charge in [0.25, 0.3) is 0 Å². The third-order valence-electron chi connectivity index (χ3n) is 4.91. The van der Waals surface area contributed by atoms with Crippen LogP contribution in [-0.2, 0) is 0 Å². The highest BCUT2D eigenvalue weighted by atomic mass is 32.1. The van der Waals surface area contributed by atoms with E-state index in [1.807, 2.05) is 42.5 Å². The first-order valence-corrected chi connectivity index (χ1v) is 10.3. The van der Waals surface area contributed by atoms with Crippen LogP contribution in [0, 0.1) is 0 Å². The Balaban J connectivity index is 1.32. The van der Waals surface area contributed by atoms with Crippen LogP contribution in [0.25, 0.3) is 10.2 Å². The van der Waals surface area contributed by atoms with Gasteiger partial charge in [-0.2, -0.15) is 0 Å². The van der Waals surface area contributed by atoms with E-state index in [1.165, 1.54) is 11.3 Å². The number of piperidine rings is 1. The van der Waals surface area contributed by atoms with Crippen molar-refractivity contribution in [2.24, 2.45) is 0 Å². The minimum Gasteiger partial charge on any atom is -0.497 e. The van der Waals surface area contributed by atoms with Crippen LogP contribution in [0.1, 0.15) is 12.8 Å². The molecule has 29 heavy (non-hydrogen) atoms. The molecule has 0 saturated carbocycles. The summed E-state index contributed by atoms with van der Waals surface area (Å²) in [5, 5.41) is 3.49. The van der Waals surface area contributed by atoms with Gasteiger partial charge < -0.3 is 19.1 Å². The van der Waals surface area contributed by atoms with Gasteiger partial charge in [0.05, 0.1) is 18.9 Å². The quantitative estimate of drug-likeness (QED) is 0.672. The highest BCUT2D eigenvalue weighted by Crippen LogP contribution is 2.32. The number of anilines is 1. The number of nitrogens with zero attached hydrogens (tertiary/aromatic N) is 2. The fourth-order valence-electron chi connectivity index (χ4n) is 3.34. The molecule has 4 rings (SSSR count). The molecule has 1 aliphatic heterocycles. The molecule has 0 bridgehead atoms. The van der Waals surface area contributed by atoms with Gasteiger partial charge in [-0.05, 0) is 36.4 Å². The van der Waals surface area contributed by atoms with Crippen molar-refractivity contribution < 1.29 is 19.0 Å². The predicted octanol–water partition coefficient (Wildman–Crippen LogP) is 4.39. The molecule has 2 amide bonds. The molecule has 1 aliphatic rings. The number of nitrogens with one attached hydrogen (secondary N) is 1. The first kappa shape index (κ1) is 19.3. The van der Waals surface area contributed by atoms with Crippen LogP contribution in [0.3, 0.4) is 0 Å². The van der Waals surface area contributed by atoms with Crippen LogP contribution >= 0.6 is 11.3 Å². The first-order chi connectivity index (χ1) is 14.2. The predicted molar refractivity (Wildman–Crippen MR) is 113 cm³/mol. The van der Waals surface area contributed by atoms with Crippen LogP contribution in [0.15, 0.2) is 42.5 Å². The van der Waals surface area contributed by atoms with Crippen molar-refractivity contribution in [2.45, 2.75) is 18.9 Å². The van der Waals surface area contributed by atoms with Crippen molar-refractivity contribution in [1.29, 1.82) is 0 Å². The SMILES string of the molecule is COc1ccc(OC2CCN(C(=O)Nc3nc4c(OC)cccc4s3)CC2)cc1. The standard InChI is InChI=1S/C21H23N3O4S/c1-26-14-6-8-15(9-7-14)28-16-10-12-24(13-11-16)21(25)23-20-22-19-17(27-2)4-3-5-18(19)29-20/h3-9,16H,10-13H2,1-2H3,(H,22,23,25). The van der Waals surface area contributed by atoms with Crippen LogP contribution < -0.4 is 19.5 Å². The van der Waals surface area contributed by atoms with Crippen molar-refractivity contribution in [3.05, 3.63) is 42.5 Å². The number of benzene rings is 2. The van der Waals surface area contributed by atoms with E-state index >= 15 is 0 Å². The molecular weight excluding hydrogens is 390 g/mol. The number of hydrogen-bond donors (Lipinski definition) is 1. The number of thiazole rings is 1. The molecule has 8 heteroatoms. The van der Waals surface area contributed by atoms with E-state index in [-0.39, 0.29) is 12.1 Å². The monoisotopic (exact) mass is 413 g/mol. The second kappa shape index (κ2) is 8.57. The van der Waals surface area contributed by atoms with Gasteiger partial charge in [-0.1, -0.05) is 17.4 Å². The Morgan fingerprint density at radius 3 is 2.48 bits per heavy atom. The number of likely N-dealkylation sites (tertiary alicyclic amines) is 1. The minimum absolute atomic E-state index is 0.0964. The molecule has 1 N–H and O–H groups in total. The van der Waals surface area contributed by atoms with Gasteiger partial charge in [0.2, 0.25) is 0 Å². The molecule has 1 fully saturated rings. The number of rotatable bonds is 5. The number of carbonyl (C=O) groups is 1. The van der Waals surface area contributed by atoms with E-state index in [1.54, 1.807) is 19.1 Å². The summed E-state index contributed by atoms with van der Waals surface area (Å²) in [7, 11) is 3.26. The number of para-hydroxylation sites is 1. The average molecular weight is 413 g/mol. The van der Waals surface area contributed by atoms with Gasteiger partial charge in [0.1, 0.15) is 28.9 Å². The van der Waals surface area contributed by atoms with E-state index in [9.17, 15) is 4.79 Å². The van der Waals surface area contributed by atoms with E-state index in [4.69, 9.17) is 14.2 Å². The number of fused-ring (bicyclic) bond motifs is 1. The molecule has 0 unspecified atom stereocenters. The maximum Gasteiger partial charge on any atom is 0.323 e. The van der Waals surface area contributed by atoms with Crippen LogP contribution in [-0.4, -0.2) is 49.3 Å². The first-order valence-electron chi connectivity index (χ1n) is 9.46. The Morgan fingerprint density at radius 1 is 1.07 bits per heavy atom. The maximum atomic E-state index is 12.6. The highest BCUT2D eigenvalue weighted by molar-refractivity contribution is 7.22. The summed E-state index contributed by atoms with van der Waals surface area (Å²) < 4.78 is 17.5. The minimum atomic E-state index is -0.133. The molecule has 2 aromatic carbocycles. The molecule has 152 valence electrons. The van der Waals surface area contributed by atoms with Crippen molar-refractivity contribution >= 4 is 32.7 Å². The van der Waals surface area contributed by atoms with E-state index in [0.717, 1.165) is 34.6 Å². The lowest BCUT2D eigenvalue weighted by atomic mass is 10.1. The molecule has 1 saturated heterocycles. The number of ether oxygens (including phenoxy) is 3. The topological polar surface area (TPSA) is 72.9 Å². The Bertz CT molecular complexity index is 981. The second-order valence-electron chi connectivity index (χ2n) is 6.74. The summed E-state index contributed by atoms with van der Waals surface area (Å²) in [4.78, 5) is 18.9. The lowest BCUT2D eigenvalue weighted by molar-refractivity contribution is 0.115. The molecular formula is C21H23N3O4S. The van der Waals surface area contributed by atoms with Gasteiger partial charge >= 0.3 is 6.03 Å². The number of carbonyl (C=O) groups excluding carboxylic acids is 1. The average Bonchev–Trinajstić information content (AvgIpc) is 3.17. The van der Waals surface area contributed by atoms with Crippen molar-refractivity contribution in [3.63, 3.8) is 0 Å². The summed E-state index contributed by atoms with van der Waals surface area (Å²) in [5.74, 6) is 2.32. The van der Waals surface area contributed by atoms with Crippen LogP contribution in [0.4, 0.5) is 9.93 Å². The molecule has 0 radical (unpaired) electrons. The normalized spacial score (nSPS) is 14.6. The zero-order valence-corrected chi connectivity index (χ0v) is 17.2. The van der Waals surface area contributed by atoms with Crippen molar-refractivity contribution in [1.82, 2.24) is 9.88 Å². The second-order valence-corrected chi connectivity index (χ2v) is 7.77. The zero-order valence-electron chi connectivity index (χ0n) is 16.4. The molecule has 0 atom stereocenters. The van der Waals surface area contributed by atoms with Crippen molar-refractivity contribution in [3.8, 4) is 17.2 Å². The Labute approximate surface area is 173 Å². The van der Waals surface area contributed by atoms with Crippen LogP contribution in [0.2, 0.25) is 0 Å². The lowest BCUT2D eigenvalue weighted by Gasteiger charge is -2.32. The van der Waals surface area contributed by atoms with Gasteiger partial charge in [0, 0.05) is 25.9 Å². The Hall–Kier alpha value is -3.00. The molecule has 1 aromatic heterocycles. The smallest absolute Gasteiger partial charge is 0.323 e. The van der Waals surface area contributed by atoms with Gasteiger partial charge in [-0.25, -0.2) is 9.78 Å². The summed E-state index contributed by atoms with van der Waals surface area (Å²) in [6.07, 6.45) is 1.67. The molecule has 0 spiro atoms.